The van der Waals surface area contributed by atoms with Gasteiger partial charge in [0.05, 0.1) is 50.4 Å². The maximum atomic E-state index is 4.97. The van der Waals surface area contributed by atoms with Gasteiger partial charge in [-0.15, -0.1) is 0 Å². The fourth-order valence-electron chi connectivity index (χ4n) is 8.09. The van der Waals surface area contributed by atoms with Gasteiger partial charge in [0.15, 0.2) is 0 Å². The van der Waals surface area contributed by atoms with Crippen LogP contribution in [-0.2, 0) is 0 Å². The molecule has 0 unspecified atom stereocenters. The van der Waals surface area contributed by atoms with Crippen LogP contribution in [0.4, 0.5) is 0 Å². The lowest BCUT2D eigenvalue weighted by molar-refractivity contribution is 1.17. The first-order chi connectivity index (χ1) is 27.8. The zero-order valence-electron chi connectivity index (χ0n) is 30.2. The number of para-hydroxylation sites is 2. The molecule has 0 saturated carbocycles. The van der Waals surface area contributed by atoms with Crippen LogP contribution in [0.5, 0.6) is 0 Å². The molecule has 6 nitrogen and oxygen atoms in total. The van der Waals surface area contributed by atoms with E-state index >= 15 is 0 Å². The van der Waals surface area contributed by atoms with E-state index in [1.807, 2.05) is 48.7 Å². The summed E-state index contributed by atoms with van der Waals surface area (Å²) in [6, 6.07) is 61.8. The van der Waals surface area contributed by atoms with Crippen molar-refractivity contribution in [3.05, 3.63) is 195 Å². The Kier molecular flexibility index (Phi) is 7.38. The molecule has 11 aromatic rings. The Morgan fingerprint density at radius 1 is 0.304 bits per heavy atom. The molecule has 56 heavy (non-hydrogen) atoms. The second-order valence-electron chi connectivity index (χ2n) is 14.0. The summed E-state index contributed by atoms with van der Waals surface area (Å²) in [6.45, 7) is 0. The smallest absolute Gasteiger partial charge is 0.0963 e. The molecule has 0 aliphatic heterocycles. The molecule has 0 spiro atoms. The minimum Gasteiger partial charge on any atom is -0.309 e. The van der Waals surface area contributed by atoms with E-state index in [0.717, 1.165) is 72.8 Å². The summed E-state index contributed by atoms with van der Waals surface area (Å²) in [4.78, 5) is 19.0. The van der Waals surface area contributed by atoms with Gasteiger partial charge in [-0.3, -0.25) is 15.0 Å². The van der Waals surface area contributed by atoms with Gasteiger partial charge in [0.2, 0.25) is 0 Å². The Balaban J connectivity index is 1.03. The number of pyridine rings is 4. The largest absolute Gasteiger partial charge is 0.309 e. The normalized spacial score (nSPS) is 11.6. The zero-order chi connectivity index (χ0) is 37.0. The van der Waals surface area contributed by atoms with Gasteiger partial charge >= 0.3 is 0 Å². The Morgan fingerprint density at radius 3 is 1.64 bits per heavy atom. The number of hydrogen-bond donors (Lipinski definition) is 0. The predicted octanol–water partition coefficient (Wildman–Crippen LogP) is 12.1. The lowest BCUT2D eigenvalue weighted by Gasteiger charge is -2.12. The molecule has 0 bridgehead atoms. The molecular weight excluding hydrogens is 685 g/mol. The lowest BCUT2D eigenvalue weighted by atomic mass is 10.0. The summed E-state index contributed by atoms with van der Waals surface area (Å²) in [5.74, 6) is 0. The third-order valence-corrected chi connectivity index (χ3v) is 10.7. The van der Waals surface area contributed by atoms with Crippen molar-refractivity contribution in [2.45, 2.75) is 0 Å². The van der Waals surface area contributed by atoms with Crippen LogP contribution in [0.3, 0.4) is 0 Å². The number of aromatic nitrogens is 6. The summed E-state index contributed by atoms with van der Waals surface area (Å²) in [5.41, 5.74) is 15.4. The van der Waals surface area contributed by atoms with Gasteiger partial charge in [0, 0.05) is 46.1 Å². The number of benzene rings is 5. The van der Waals surface area contributed by atoms with E-state index in [9.17, 15) is 0 Å². The van der Waals surface area contributed by atoms with Gasteiger partial charge in [-0.25, -0.2) is 4.98 Å². The quantitative estimate of drug-likeness (QED) is 0.172. The van der Waals surface area contributed by atoms with Gasteiger partial charge in [0.25, 0.3) is 0 Å². The maximum absolute atomic E-state index is 4.97. The molecule has 6 heteroatoms. The highest BCUT2D eigenvalue weighted by molar-refractivity contribution is 6.11. The van der Waals surface area contributed by atoms with Crippen LogP contribution in [0.2, 0.25) is 0 Å². The SMILES string of the molecule is c1ccc(-n2c3ccccc3c3cc(-c4ccc5c6ncccc6n(-c6ccc(-c7cc(-c8ccccn8)nc(-c8ccccn8)c7)cc6)c5c4)ccc32)cc1. The highest BCUT2D eigenvalue weighted by Gasteiger charge is 2.17. The average molecular weight is 717 g/mol. The summed E-state index contributed by atoms with van der Waals surface area (Å²) >= 11 is 0. The van der Waals surface area contributed by atoms with E-state index in [2.05, 4.69) is 153 Å². The first kappa shape index (κ1) is 31.8. The molecule has 11 rings (SSSR count). The van der Waals surface area contributed by atoms with Crippen molar-refractivity contribution in [1.82, 2.24) is 29.1 Å². The molecule has 6 heterocycles. The molecule has 0 N–H and O–H groups in total. The molecule has 5 aromatic carbocycles. The van der Waals surface area contributed by atoms with E-state index in [-0.39, 0.29) is 0 Å². The van der Waals surface area contributed by atoms with E-state index in [1.54, 1.807) is 12.4 Å². The second-order valence-corrected chi connectivity index (χ2v) is 14.0. The molecule has 0 fully saturated rings. The molecule has 0 saturated heterocycles. The molecule has 0 amide bonds. The highest BCUT2D eigenvalue weighted by atomic mass is 15.0. The minimum absolute atomic E-state index is 0.802. The molecule has 0 radical (unpaired) electrons. The summed E-state index contributed by atoms with van der Waals surface area (Å²) in [6.07, 6.45) is 5.47. The lowest BCUT2D eigenvalue weighted by Crippen LogP contribution is -1.96. The van der Waals surface area contributed by atoms with Crippen LogP contribution in [0.15, 0.2) is 195 Å². The number of hydrogen-bond acceptors (Lipinski definition) is 4. The van der Waals surface area contributed by atoms with Crippen molar-refractivity contribution >= 4 is 43.7 Å². The van der Waals surface area contributed by atoms with Crippen LogP contribution < -0.4 is 0 Å². The zero-order valence-corrected chi connectivity index (χ0v) is 30.2. The molecule has 0 aliphatic rings. The average Bonchev–Trinajstić information content (AvgIpc) is 3.79. The van der Waals surface area contributed by atoms with Crippen molar-refractivity contribution in [3.8, 4) is 56.4 Å². The fraction of sp³-hybridized carbons (Fsp3) is 0. The van der Waals surface area contributed by atoms with Gasteiger partial charge < -0.3 is 9.13 Å². The maximum Gasteiger partial charge on any atom is 0.0963 e. The molecule has 262 valence electrons. The van der Waals surface area contributed by atoms with Gasteiger partial charge in [-0.05, 0) is 125 Å². The fourth-order valence-corrected chi connectivity index (χ4v) is 8.09. The Bertz CT molecular complexity index is 3160. The third kappa shape index (κ3) is 5.27. The van der Waals surface area contributed by atoms with Crippen LogP contribution in [0.1, 0.15) is 0 Å². The van der Waals surface area contributed by atoms with Crippen molar-refractivity contribution in [2.75, 3.05) is 0 Å². The molecule has 6 aromatic heterocycles. The first-order valence-electron chi connectivity index (χ1n) is 18.7. The molecule has 0 atom stereocenters. The Labute approximate surface area is 322 Å². The summed E-state index contributed by atoms with van der Waals surface area (Å²) in [7, 11) is 0. The van der Waals surface area contributed by atoms with Crippen LogP contribution in [-0.4, -0.2) is 29.1 Å². The number of fused-ring (bicyclic) bond motifs is 6. The summed E-state index contributed by atoms with van der Waals surface area (Å²) in [5, 5.41) is 3.58. The predicted molar refractivity (Wildman–Crippen MR) is 228 cm³/mol. The van der Waals surface area contributed by atoms with E-state index in [0.29, 0.717) is 0 Å². The van der Waals surface area contributed by atoms with Crippen molar-refractivity contribution in [3.63, 3.8) is 0 Å². The Morgan fingerprint density at radius 2 is 0.893 bits per heavy atom. The number of nitrogens with zero attached hydrogens (tertiary/aromatic N) is 6. The molecule has 0 aliphatic carbocycles. The minimum atomic E-state index is 0.802. The third-order valence-electron chi connectivity index (χ3n) is 10.7. The monoisotopic (exact) mass is 716 g/mol. The van der Waals surface area contributed by atoms with Crippen LogP contribution in [0, 0.1) is 0 Å². The van der Waals surface area contributed by atoms with E-state index in [1.165, 1.54) is 27.4 Å². The van der Waals surface area contributed by atoms with Gasteiger partial charge in [-0.1, -0.05) is 72.8 Å². The van der Waals surface area contributed by atoms with Crippen LogP contribution >= 0.6 is 0 Å². The topological polar surface area (TPSA) is 61.4 Å². The van der Waals surface area contributed by atoms with Crippen molar-refractivity contribution in [2.24, 2.45) is 0 Å². The highest BCUT2D eigenvalue weighted by Crippen LogP contribution is 2.38. The van der Waals surface area contributed by atoms with Crippen molar-refractivity contribution in [1.29, 1.82) is 0 Å². The van der Waals surface area contributed by atoms with E-state index in [4.69, 9.17) is 9.97 Å². The Hall–Kier alpha value is -7.70. The second kappa shape index (κ2) is 13.0. The van der Waals surface area contributed by atoms with Gasteiger partial charge in [0.1, 0.15) is 0 Å². The van der Waals surface area contributed by atoms with E-state index < -0.39 is 0 Å². The van der Waals surface area contributed by atoms with Crippen LogP contribution in [0.25, 0.3) is 100 Å². The van der Waals surface area contributed by atoms with Gasteiger partial charge in [-0.2, -0.15) is 0 Å². The first-order valence-corrected chi connectivity index (χ1v) is 18.7. The molecular formula is C50H32N6. The standard InChI is InChI=1S/C50H32N6/c1-2-11-37(12-3-1)55-46-16-5-4-13-39(46)41-29-34(21-25-47(41)55)35-20-24-40-49(32-35)56(48-17-10-28-53-50(40)48)38-22-18-33(19-23-38)36-30-44(42-14-6-8-26-51-42)54-45(31-36)43-15-7-9-27-52-43/h1-32H. The summed E-state index contributed by atoms with van der Waals surface area (Å²) < 4.78 is 4.69. The number of rotatable bonds is 6. The van der Waals surface area contributed by atoms with Crippen molar-refractivity contribution < 1.29 is 0 Å².